The molecule has 1 atom stereocenters. The van der Waals surface area contributed by atoms with E-state index in [1.165, 1.54) is 12.1 Å². The maximum atomic E-state index is 13.6. The number of guanidine groups is 1. The Balaban J connectivity index is 1.95. The fourth-order valence-electron chi connectivity index (χ4n) is 2.33. The van der Waals surface area contributed by atoms with Gasteiger partial charge in [0.1, 0.15) is 11.6 Å². The maximum absolute atomic E-state index is 13.6. The van der Waals surface area contributed by atoms with Crippen LogP contribution in [0, 0.1) is 5.82 Å². The summed E-state index contributed by atoms with van der Waals surface area (Å²) in [5.74, 6) is 0.743. The highest BCUT2D eigenvalue weighted by atomic mass is 19.1. The molecule has 1 aliphatic rings. The molecule has 7 heteroatoms. The van der Waals surface area contributed by atoms with E-state index in [0.29, 0.717) is 37.9 Å². The van der Waals surface area contributed by atoms with Gasteiger partial charge in [-0.1, -0.05) is 0 Å². The van der Waals surface area contributed by atoms with E-state index in [2.05, 4.69) is 10.3 Å². The number of halogens is 1. The van der Waals surface area contributed by atoms with Gasteiger partial charge in [0.25, 0.3) is 0 Å². The summed E-state index contributed by atoms with van der Waals surface area (Å²) < 4.78 is 29.2. The number of fused-ring (bicyclic) bond motifs is 1. The van der Waals surface area contributed by atoms with Gasteiger partial charge in [0.2, 0.25) is 0 Å². The second-order valence-electron chi connectivity index (χ2n) is 5.18. The second-order valence-corrected chi connectivity index (χ2v) is 5.18. The van der Waals surface area contributed by atoms with Crippen molar-refractivity contribution in [2.45, 2.75) is 26.0 Å². The van der Waals surface area contributed by atoms with Crippen molar-refractivity contribution >= 4 is 5.96 Å². The van der Waals surface area contributed by atoms with Gasteiger partial charge in [0.05, 0.1) is 13.2 Å². The van der Waals surface area contributed by atoms with Crippen molar-refractivity contribution in [3.05, 3.63) is 29.1 Å². The van der Waals surface area contributed by atoms with Crippen molar-refractivity contribution in [2.75, 3.05) is 27.1 Å². The third-order valence-corrected chi connectivity index (χ3v) is 3.23. The van der Waals surface area contributed by atoms with Crippen LogP contribution < -0.4 is 15.8 Å². The van der Waals surface area contributed by atoms with Crippen molar-refractivity contribution < 1.29 is 18.6 Å². The van der Waals surface area contributed by atoms with Crippen LogP contribution >= 0.6 is 0 Å². The molecule has 3 N–H and O–H groups in total. The van der Waals surface area contributed by atoms with Crippen molar-refractivity contribution in [1.82, 2.24) is 5.32 Å². The average Bonchev–Trinajstić information content (AvgIpc) is 2.47. The minimum atomic E-state index is -0.299. The number of benzene rings is 1. The molecule has 0 spiro atoms. The number of hydrogen-bond donors (Lipinski definition) is 2. The lowest BCUT2D eigenvalue weighted by Crippen LogP contribution is -2.40. The Morgan fingerprint density at radius 2 is 2.36 bits per heavy atom. The van der Waals surface area contributed by atoms with Crippen LogP contribution in [0.15, 0.2) is 17.1 Å². The van der Waals surface area contributed by atoms with E-state index in [4.69, 9.17) is 19.9 Å². The van der Waals surface area contributed by atoms with Crippen LogP contribution in [0.25, 0.3) is 0 Å². The number of ether oxygens (including phenoxy) is 3. The van der Waals surface area contributed by atoms with Crippen LogP contribution in [-0.4, -0.2) is 39.1 Å². The van der Waals surface area contributed by atoms with Gasteiger partial charge in [-0.3, -0.25) is 4.99 Å². The molecular weight excluding hydrogens is 289 g/mol. The Labute approximate surface area is 129 Å². The zero-order valence-corrected chi connectivity index (χ0v) is 12.9. The number of nitrogens with zero attached hydrogens (tertiary/aromatic N) is 1. The Morgan fingerprint density at radius 1 is 1.55 bits per heavy atom. The summed E-state index contributed by atoms with van der Waals surface area (Å²) in [4.78, 5) is 4.24. The molecule has 0 aliphatic carbocycles. The van der Waals surface area contributed by atoms with Gasteiger partial charge in [0, 0.05) is 25.3 Å². The maximum Gasteiger partial charge on any atom is 0.189 e. The van der Waals surface area contributed by atoms with Gasteiger partial charge in [-0.25, -0.2) is 4.39 Å². The molecule has 6 nitrogen and oxygen atoms in total. The van der Waals surface area contributed by atoms with Gasteiger partial charge >= 0.3 is 0 Å². The molecule has 1 aliphatic heterocycles. The first-order valence-corrected chi connectivity index (χ1v) is 7.17. The number of aliphatic imine (C=N–C) groups is 1. The highest BCUT2D eigenvalue weighted by Gasteiger charge is 2.16. The van der Waals surface area contributed by atoms with Crippen LogP contribution in [0.4, 0.5) is 4.39 Å². The SMILES string of the molecule is COCC(C)NC(N)=NCCc1cc(F)cc2c1OCOC2. The highest BCUT2D eigenvalue weighted by Crippen LogP contribution is 2.29. The summed E-state index contributed by atoms with van der Waals surface area (Å²) in [5, 5.41) is 3.02. The molecule has 22 heavy (non-hydrogen) atoms. The molecule has 0 bridgehead atoms. The number of methoxy groups -OCH3 is 1. The minimum absolute atomic E-state index is 0.0798. The lowest BCUT2D eigenvalue weighted by molar-refractivity contribution is -0.0172. The van der Waals surface area contributed by atoms with E-state index in [9.17, 15) is 4.39 Å². The van der Waals surface area contributed by atoms with Crippen LogP contribution in [-0.2, 0) is 22.5 Å². The molecule has 1 heterocycles. The summed E-state index contributed by atoms with van der Waals surface area (Å²) in [6.45, 7) is 3.48. The van der Waals surface area contributed by atoms with Crippen LogP contribution in [0.3, 0.4) is 0 Å². The predicted molar refractivity (Wildman–Crippen MR) is 81.4 cm³/mol. The number of rotatable bonds is 6. The molecule has 1 unspecified atom stereocenters. The van der Waals surface area contributed by atoms with Crippen molar-refractivity contribution in [1.29, 1.82) is 0 Å². The Morgan fingerprint density at radius 3 is 3.14 bits per heavy atom. The third kappa shape index (κ3) is 4.57. The molecule has 0 fully saturated rings. The predicted octanol–water partition coefficient (Wildman–Crippen LogP) is 1.17. The smallest absolute Gasteiger partial charge is 0.189 e. The van der Waals surface area contributed by atoms with Gasteiger partial charge < -0.3 is 25.3 Å². The van der Waals surface area contributed by atoms with Crippen LogP contribution in [0.1, 0.15) is 18.1 Å². The molecule has 1 aromatic carbocycles. The fourth-order valence-corrected chi connectivity index (χ4v) is 2.33. The standard InChI is InChI=1S/C15H22FN3O3/c1-10(7-20-2)19-15(17)18-4-3-11-5-13(16)6-12-8-21-9-22-14(11)12/h5-6,10H,3-4,7-9H2,1-2H3,(H3,17,18,19). The minimum Gasteiger partial charge on any atom is -0.467 e. The molecule has 0 aromatic heterocycles. The highest BCUT2D eigenvalue weighted by molar-refractivity contribution is 5.78. The number of hydrogen-bond acceptors (Lipinski definition) is 4. The number of nitrogens with one attached hydrogen (secondary N) is 1. The molecular formula is C15H22FN3O3. The average molecular weight is 311 g/mol. The second kappa shape index (κ2) is 7.95. The van der Waals surface area contributed by atoms with E-state index in [1.54, 1.807) is 7.11 Å². The largest absolute Gasteiger partial charge is 0.467 e. The van der Waals surface area contributed by atoms with Gasteiger partial charge in [-0.2, -0.15) is 0 Å². The molecule has 0 saturated heterocycles. The van der Waals surface area contributed by atoms with E-state index in [0.717, 1.165) is 11.1 Å². The zero-order valence-electron chi connectivity index (χ0n) is 12.9. The summed E-state index contributed by atoms with van der Waals surface area (Å²) in [6.07, 6.45) is 0.543. The van der Waals surface area contributed by atoms with Crippen molar-refractivity contribution in [3.63, 3.8) is 0 Å². The Hall–Kier alpha value is -1.86. The Kier molecular flexibility index (Phi) is 5.97. The molecule has 0 radical (unpaired) electrons. The molecule has 0 saturated carbocycles. The first-order valence-electron chi connectivity index (χ1n) is 7.17. The molecule has 0 amide bonds. The van der Waals surface area contributed by atoms with Crippen molar-refractivity contribution in [3.8, 4) is 5.75 Å². The van der Waals surface area contributed by atoms with Gasteiger partial charge in [-0.15, -0.1) is 0 Å². The van der Waals surface area contributed by atoms with Crippen molar-refractivity contribution in [2.24, 2.45) is 10.7 Å². The summed E-state index contributed by atoms with van der Waals surface area (Å²) >= 11 is 0. The first-order chi connectivity index (χ1) is 10.6. The lowest BCUT2D eigenvalue weighted by Gasteiger charge is -2.20. The summed E-state index contributed by atoms with van der Waals surface area (Å²) in [6, 6.07) is 2.98. The third-order valence-electron chi connectivity index (χ3n) is 3.23. The first kappa shape index (κ1) is 16.5. The fraction of sp³-hybridized carbons (Fsp3) is 0.533. The summed E-state index contributed by atoms with van der Waals surface area (Å²) in [7, 11) is 1.63. The van der Waals surface area contributed by atoms with Gasteiger partial charge in [0.15, 0.2) is 12.8 Å². The Bertz CT molecular complexity index is 537. The topological polar surface area (TPSA) is 78.1 Å². The lowest BCUT2D eigenvalue weighted by atomic mass is 10.1. The van der Waals surface area contributed by atoms with Gasteiger partial charge in [-0.05, 0) is 31.0 Å². The quantitative estimate of drug-likeness (QED) is 0.609. The van der Waals surface area contributed by atoms with Crippen LogP contribution in [0.2, 0.25) is 0 Å². The van der Waals surface area contributed by atoms with Crippen LogP contribution in [0.5, 0.6) is 5.75 Å². The van der Waals surface area contributed by atoms with E-state index >= 15 is 0 Å². The normalized spacial score (nSPS) is 15.9. The zero-order chi connectivity index (χ0) is 15.9. The van der Waals surface area contributed by atoms with E-state index in [1.807, 2.05) is 6.92 Å². The molecule has 1 aromatic rings. The number of nitrogens with two attached hydrogens (primary N) is 1. The molecule has 2 rings (SSSR count). The monoisotopic (exact) mass is 311 g/mol. The van der Waals surface area contributed by atoms with E-state index in [-0.39, 0.29) is 18.7 Å². The van der Waals surface area contributed by atoms with E-state index < -0.39 is 0 Å². The summed E-state index contributed by atoms with van der Waals surface area (Å²) in [5.41, 5.74) is 7.30. The molecule has 122 valence electrons.